The molecule has 7 heteroatoms. The fraction of sp³-hybridized carbons (Fsp3) is 0.238. The van der Waals surface area contributed by atoms with Crippen molar-refractivity contribution in [3.8, 4) is 0 Å². The van der Waals surface area contributed by atoms with Gasteiger partial charge in [0.25, 0.3) is 0 Å². The Hall–Kier alpha value is -2.06. The Labute approximate surface area is 168 Å². The van der Waals surface area contributed by atoms with E-state index in [1.807, 2.05) is 11.4 Å². The van der Waals surface area contributed by atoms with E-state index in [0.29, 0.717) is 6.54 Å². The molecule has 0 saturated carbocycles. The summed E-state index contributed by atoms with van der Waals surface area (Å²) >= 11 is 1.65. The minimum absolute atomic E-state index is 0.0311. The molecule has 4 rings (SSSR count). The molecule has 1 aliphatic heterocycles. The summed E-state index contributed by atoms with van der Waals surface area (Å²) in [4.78, 5) is 2.59. The zero-order chi connectivity index (χ0) is 19.6. The molecule has 0 radical (unpaired) electrons. The minimum atomic E-state index is -3.69. The molecule has 2 aromatic carbocycles. The van der Waals surface area contributed by atoms with E-state index in [1.165, 1.54) is 28.2 Å². The summed E-state index contributed by atoms with van der Waals surface area (Å²) in [5.41, 5.74) is 2.70. The topological polar surface area (TPSA) is 50.6 Å². The molecule has 0 bridgehead atoms. The summed E-state index contributed by atoms with van der Waals surface area (Å²) in [6.07, 6.45) is 0.984. The predicted molar refractivity (Wildman–Crippen MR) is 108 cm³/mol. The standard InChI is InChI=1S/C21H21FN2O2S2/c22-18-7-9-19(10-8-18)28(25,26)23-14-20(21-6-3-13-27-21)24-12-11-16-4-1-2-5-17(16)15-24/h1-10,13,20,23H,11-12,14-15H2/p+1/t20-/m0/s1. The van der Waals surface area contributed by atoms with E-state index >= 15 is 0 Å². The van der Waals surface area contributed by atoms with E-state index in [-0.39, 0.29) is 10.9 Å². The maximum Gasteiger partial charge on any atom is 0.240 e. The van der Waals surface area contributed by atoms with Crippen molar-refractivity contribution in [1.82, 2.24) is 4.72 Å². The first-order chi connectivity index (χ1) is 13.5. The molecule has 28 heavy (non-hydrogen) atoms. The lowest BCUT2D eigenvalue weighted by Crippen LogP contribution is -3.12. The Kier molecular flexibility index (Phi) is 5.59. The number of benzene rings is 2. The number of nitrogens with one attached hydrogen (secondary N) is 2. The molecule has 146 valence electrons. The quantitative estimate of drug-likeness (QED) is 0.648. The van der Waals surface area contributed by atoms with Gasteiger partial charge in [-0.3, -0.25) is 0 Å². The van der Waals surface area contributed by atoms with Crippen LogP contribution >= 0.6 is 11.3 Å². The first-order valence-electron chi connectivity index (χ1n) is 9.23. The van der Waals surface area contributed by atoms with Crippen molar-refractivity contribution in [2.45, 2.75) is 23.9 Å². The number of hydrogen-bond donors (Lipinski definition) is 2. The second kappa shape index (κ2) is 8.13. The highest BCUT2D eigenvalue weighted by molar-refractivity contribution is 7.89. The van der Waals surface area contributed by atoms with Crippen LogP contribution < -0.4 is 9.62 Å². The number of rotatable bonds is 6. The van der Waals surface area contributed by atoms with E-state index < -0.39 is 15.8 Å². The Bertz CT molecular complexity index is 1030. The Balaban J connectivity index is 1.54. The highest BCUT2D eigenvalue weighted by atomic mass is 32.2. The number of thiophene rings is 1. The van der Waals surface area contributed by atoms with Crippen LogP contribution in [0.4, 0.5) is 4.39 Å². The van der Waals surface area contributed by atoms with E-state index in [9.17, 15) is 12.8 Å². The van der Waals surface area contributed by atoms with Gasteiger partial charge in [-0.05, 0) is 41.3 Å². The van der Waals surface area contributed by atoms with Crippen molar-refractivity contribution >= 4 is 21.4 Å². The van der Waals surface area contributed by atoms with Crippen molar-refractivity contribution < 1.29 is 17.7 Å². The Morgan fingerprint density at radius 1 is 1.04 bits per heavy atom. The summed E-state index contributed by atoms with van der Waals surface area (Å²) in [7, 11) is -3.69. The molecular formula is C21H22FN2O2S2+. The van der Waals surface area contributed by atoms with Crippen molar-refractivity contribution in [2.24, 2.45) is 0 Å². The number of sulfonamides is 1. The minimum Gasteiger partial charge on any atom is -0.323 e. The molecule has 0 saturated heterocycles. The Morgan fingerprint density at radius 2 is 1.79 bits per heavy atom. The molecule has 4 nitrogen and oxygen atoms in total. The molecule has 0 amide bonds. The summed E-state index contributed by atoms with van der Waals surface area (Å²) in [6.45, 7) is 2.13. The van der Waals surface area contributed by atoms with E-state index in [1.54, 1.807) is 11.3 Å². The van der Waals surface area contributed by atoms with Crippen LogP contribution in [-0.2, 0) is 23.0 Å². The maximum absolute atomic E-state index is 13.1. The second-order valence-electron chi connectivity index (χ2n) is 6.98. The monoisotopic (exact) mass is 417 g/mol. The van der Waals surface area contributed by atoms with E-state index in [0.717, 1.165) is 36.5 Å². The van der Waals surface area contributed by atoms with Crippen LogP contribution in [0.1, 0.15) is 22.0 Å². The van der Waals surface area contributed by atoms with Crippen LogP contribution in [0, 0.1) is 5.82 Å². The average Bonchev–Trinajstić information content (AvgIpc) is 3.23. The molecule has 1 aromatic heterocycles. The number of quaternary nitrogens is 1. The van der Waals surface area contributed by atoms with Gasteiger partial charge >= 0.3 is 0 Å². The van der Waals surface area contributed by atoms with Crippen LogP contribution in [0.25, 0.3) is 0 Å². The van der Waals surface area contributed by atoms with Gasteiger partial charge < -0.3 is 4.90 Å². The van der Waals surface area contributed by atoms with Gasteiger partial charge in [0.05, 0.1) is 22.9 Å². The normalized spacial score (nSPS) is 17.8. The van der Waals surface area contributed by atoms with E-state index in [2.05, 4.69) is 35.1 Å². The molecule has 0 fully saturated rings. The van der Waals surface area contributed by atoms with Crippen LogP contribution in [-0.4, -0.2) is 21.5 Å². The third-order valence-corrected chi connectivity index (χ3v) is 7.66. The Morgan fingerprint density at radius 3 is 2.50 bits per heavy atom. The van der Waals surface area contributed by atoms with Gasteiger partial charge in [-0.2, -0.15) is 0 Å². The lowest BCUT2D eigenvalue weighted by Gasteiger charge is -2.32. The first kappa shape index (κ1) is 19.3. The highest BCUT2D eigenvalue weighted by Crippen LogP contribution is 2.20. The zero-order valence-corrected chi connectivity index (χ0v) is 16.9. The second-order valence-corrected chi connectivity index (χ2v) is 9.72. The first-order valence-corrected chi connectivity index (χ1v) is 11.6. The lowest BCUT2D eigenvalue weighted by molar-refractivity contribution is -0.945. The SMILES string of the molecule is O=S(=O)(NC[C@@H](c1cccs1)[NH+]1CCc2ccccc2C1)c1ccc(F)cc1. The average molecular weight is 418 g/mol. The van der Waals surface area contributed by atoms with Gasteiger partial charge in [0.2, 0.25) is 10.0 Å². The molecule has 1 aliphatic rings. The summed E-state index contributed by atoms with van der Waals surface area (Å²) < 4.78 is 41.2. The van der Waals surface area contributed by atoms with Crippen LogP contribution in [0.15, 0.2) is 70.9 Å². The number of hydrogen-bond acceptors (Lipinski definition) is 3. The molecule has 0 aliphatic carbocycles. The molecule has 2 N–H and O–H groups in total. The smallest absolute Gasteiger partial charge is 0.240 e. The molecule has 3 aromatic rings. The van der Waals surface area contributed by atoms with E-state index in [4.69, 9.17) is 0 Å². The van der Waals surface area contributed by atoms with Crippen molar-refractivity contribution in [3.05, 3.63) is 87.9 Å². The predicted octanol–water partition coefficient (Wildman–Crippen LogP) is 2.55. The zero-order valence-electron chi connectivity index (χ0n) is 15.3. The van der Waals surface area contributed by atoms with Gasteiger partial charge in [0.15, 0.2) is 0 Å². The molecule has 1 unspecified atom stereocenters. The summed E-state index contributed by atoms with van der Waals surface area (Å²) in [5.74, 6) is -0.452. The fourth-order valence-electron chi connectivity index (χ4n) is 3.73. The third kappa shape index (κ3) is 4.17. The van der Waals surface area contributed by atoms with Gasteiger partial charge in [-0.15, -0.1) is 11.3 Å². The van der Waals surface area contributed by atoms with Gasteiger partial charge in [-0.25, -0.2) is 17.5 Å². The third-order valence-electron chi connectivity index (χ3n) is 5.23. The molecule has 2 heterocycles. The maximum atomic E-state index is 13.1. The largest absolute Gasteiger partial charge is 0.323 e. The van der Waals surface area contributed by atoms with Gasteiger partial charge in [0.1, 0.15) is 18.4 Å². The van der Waals surface area contributed by atoms with Crippen molar-refractivity contribution in [2.75, 3.05) is 13.1 Å². The summed E-state index contributed by atoms with van der Waals surface area (Å²) in [5, 5.41) is 2.02. The molecular weight excluding hydrogens is 395 g/mol. The fourth-order valence-corrected chi connectivity index (χ4v) is 5.66. The van der Waals surface area contributed by atoms with Crippen molar-refractivity contribution in [1.29, 1.82) is 0 Å². The van der Waals surface area contributed by atoms with Crippen molar-refractivity contribution in [3.63, 3.8) is 0 Å². The van der Waals surface area contributed by atoms with Gasteiger partial charge in [0, 0.05) is 12.0 Å². The number of halogens is 1. The number of fused-ring (bicyclic) bond motifs is 1. The highest BCUT2D eigenvalue weighted by Gasteiger charge is 2.30. The molecule has 0 spiro atoms. The van der Waals surface area contributed by atoms with Gasteiger partial charge in [-0.1, -0.05) is 30.3 Å². The summed E-state index contributed by atoms with van der Waals surface area (Å²) in [6, 6.07) is 17.5. The van der Waals surface area contributed by atoms with Crippen LogP contribution in [0.3, 0.4) is 0 Å². The molecule has 2 atom stereocenters. The van der Waals surface area contributed by atoms with Crippen LogP contribution in [0.5, 0.6) is 0 Å². The van der Waals surface area contributed by atoms with Crippen LogP contribution in [0.2, 0.25) is 0 Å². The lowest BCUT2D eigenvalue weighted by atomic mass is 9.98.